The van der Waals surface area contributed by atoms with Crippen molar-refractivity contribution in [3.05, 3.63) is 33.4 Å². The number of carboxylic acid groups (broad SMARTS) is 1. The molecule has 0 saturated heterocycles. The van der Waals surface area contributed by atoms with Crippen LogP contribution in [0.3, 0.4) is 0 Å². The molecular weight excluding hydrogens is 308 g/mol. The Labute approximate surface area is 155 Å². The molecule has 2 heteroatoms. The molecule has 0 atom stereocenters. The van der Waals surface area contributed by atoms with E-state index in [4.69, 9.17) is 0 Å². The van der Waals surface area contributed by atoms with Crippen LogP contribution in [0.25, 0.3) is 0 Å². The van der Waals surface area contributed by atoms with Gasteiger partial charge in [0.25, 0.3) is 0 Å². The minimum absolute atomic E-state index is 0.616. The van der Waals surface area contributed by atoms with Crippen molar-refractivity contribution < 1.29 is 9.90 Å². The van der Waals surface area contributed by atoms with Crippen molar-refractivity contribution in [2.75, 3.05) is 0 Å². The molecule has 0 amide bonds. The predicted octanol–water partition coefficient (Wildman–Crippen LogP) is 6.67. The second-order valence-corrected chi connectivity index (χ2v) is 7.28. The molecule has 0 saturated carbocycles. The molecule has 0 aromatic heterocycles. The number of hydrogen-bond donors (Lipinski definition) is 1. The first-order chi connectivity index (χ1) is 12.0. The van der Waals surface area contributed by atoms with Gasteiger partial charge < -0.3 is 5.11 Å². The van der Waals surface area contributed by atoms with Crippen LogP contribution in [0.1, 0.15) is 111 Å². The SMILES string of the molecule is CCCCc1c(C)c(C(=O)O)c(CCCC)c(CCCC)c1CCC. The van der Waals surface area contributed by atoms with Gasteiger partial charge in [0.1, 0.15) is 0 Å². The highest BCUT2D eigenvalue weighted by Crippen LogP contribution is 2.33. The van der Waals surface area contributed by atoms with Crippen LogP contribution in [0.2, 0.25) is 0 Å². The molecule has 0 aliphatic rings. The second kappa shape index (κ2) is 11.3. The summed E-state index contributed by atoms with van der Waals surface area (Å²) in [4.78, 5) is 12.1. The molecule has 142 valence electrons. The molecule has 0 aliphatic heterocycles. The molecule has 0 heterocycles. The summed E-state index contributed by atoms with van der Waals surface area (Å²) in [5.41, 5.74) is 7.00. The summed E-state index contributed by atoms with van der Waals surface area (Å²) < 4.78 is 0. The number of carbonyl (C=O) groups is 1. The molecule has 1 N–H and O–H groups in total. The first-order valence-corrected chi connectivity index (χ1v) is 10.4. The third kappa shape index (κ3) is 5.59. The lowest BCUT2D eigenvalue weighted by atomic mass is 9.80. The van der Waals surface area contributed by atoms with Crippen molar-refractivity contribution in [2.24, 2.45) is 0 Å². The summed E-state index contributed by atoms with van der Waals surface area (Å²) in [7, 11) is 0. The summed E-state index contributed by atoms with van der Waals surface area (Å²) in [5.74, 6) is -0.734. The fraction of sp³-hybridized carbons (Fsp3) is 0.696. The smallest absolute Gasteiger partial charge is 0.336 e. The van der Waals surface area contributed by atoms with Gasteiger partial charge >= 0.3 is 5.97 Å². The number of rotatable bonds is 12. The fourth-order valence-electron chi connectivity index (χ4n) is 3.94. The molecule has 25 heavy (non-hydrogen) atoms. The van der Waals surface area contributed by atoms with E-state index in [1.54, 1.807) is 0 Å². The van der Waals surface area contributed by atoms with Gasteiger partial charge in [0.15, 0.2) is 0 Å². The van der Waals surface area contributed by atoms with Crippen molar-refractivity contribution in [3.8, 4) is 0 Å². The molecule has 1 rings (SSSR count). The Morgan fingerprint density at radius 1 is 0.680 bits per heavy atom. The lowest BCUT2D eigenvalue weighted by Gasteiger charge is -2.24. The van der Waals surface area contributed by atoms with Crippen LogP contribution in [0.5, 0.6) is 0 Å². The van der Waals surface area contributed by atoms with E-state index in [1.807, 2.05) is 6.92 Å². The molecule has 1 aromatic carbocycles. The van der Waals surface area contributed by atoms with E-state index in [-0.39, 0.29) is 0 Å². The first kappa shape index (κ1) is 21.7. The maximum Gasteiger partial charge on any atom is 0.336 e. The van der Waals surface area contributed by atoms with Gasteiger partial charge in [-0.3, -0.25) is 0 Å². The Kier molecular flexibility index (Phi) is 9.85. The van der Waals surface area contributed by atoms with Gasteiger partial charge in [0.2, 0.25) is 0 Å². The molecule has 0 radical (unpaired) electrons. The molecule has 0 spiro atoms. The predicted molar refractivity (Wildman–Crippen MR) is 108 cm³/mol. The molecule has 0 fully saturated rings. The average Bonchev–Trinajstić information content (AvgIpc) is 2.58. The Balaban J connectivity index is 3.66. The molecule has 0 aliphatic carbocycles. The number of benzene rings is 1. The maximum atomic E-state index is 12.1. The first-order valence-electron chi connectivity index (χ1n) is 10.4. The van der Waals surface area contributed by atoms with E-state index >= 15 is 0 Å². The summed E-state index contributed by atoms with van der Waals surface area (Å²) in [6.45, 7) is 10.9. The zero-order chi connectivity index (χ0) is 18.8. The largest absolute Gasteiger partial charge is 0.478 e. The van der Waals surface area contributed by atoms with E-state index < -0.39 is 5.97 Å². The fourth-order valence-corrected chi connectivity index (χ4v) is 3.94. The number of unbranched alkanes of at least 4 members (excludes halogenated alkanes) is 3. The monoisotopic (exact) mass is 346 g/mol. The second-order valence-electron chi connectivity index (χ2n) is 7.28. The van der Waals surface area contributed by atoms with Crippen LogP contribution in [-0.2, 0) is 25.7 Å². The normalized spacial score (nSPS) is 11.1. The Morgan fingerprint density at radius 2 is 1.12 bits per heavy atom. The minimum atomic E-state index is -0.734. The van der Waals surface area contributed by atoms with Crippen LogP contribution >= 0.6 is 0 Å². The third-order valence-electron chi connectivity index (χ3n) is 5.28. The van der Waals surface area contributed by atoms with E-state index in [9.17, 15) is 9.90 Å². The molecule has 0 bridgehead atoms. The van der Waals surface area contributed by atoms with Gasteiger partial charge in [-0.25, -0.2) is 4.79 Å². The van der Waals surface area contributed by atoms with Crippen LogP contribution < -0.4 is 0 Å². The maximum absolute atomic E-state index is 12.1. The van der Waals surface area contributed by atoms with Crippen molar-refractivity contribution in [2.45, 2.75) is 105 Å². The van der Waals surface area contributed by atoms with Gasteiger partial charge in [0.05, 0.1) is 5.56 Å². The zero-order valence-corrected chi connectivity index (χ0v) is 17.1. The summed E-state index contributed by atoms with van der Waals surface area (Å²) in [6.07, 6.45) is 11.9. The van der Waals surface area contributed by atoms with Crippen molar-refractivity contribution in [1.82, 2.24) is 0 Å². The Bertz CT molecular complexity index is 558. The minimum Gasteiger partial charge on any atom is -0.478 e. The van der Waals surface area contributed by atoms with E-state index in [2.05, 4.69) is 27.7 Å². The van der Waals surface area contributed by atoms with E-state index in [0.717, 1.165) is 81.8 Å². The quantitative estimate of drug-likeness (QED) is 0.458. The van der Waals surface area contributed by atoms with Crippen LogP contribution in [0.15, 0.2) is 0 Å². The summed E-state index contributed by atoms with van der Waals surface area (Å²) in [5, 5.41) is 9.97. The number of hydrogen-bond acceptors (Lipinski definition) is 1. The molecule has 1 aromatic rings. The average molecular weight is 347 g/mol. The standard InChI is InChI=1S/C23H38O2/c1-6-10-14-18-17(5)22(23(24)25)21(16-12-8-3)20(15-11-7-2)19(18)13-9-4/h6-16H2,1-5H3,(H,24,25). The molecule has 2 nitrogen and oxygen atoms in total. The highest BCUT2D eigenvalue weighted by molar-refractivity contribution is 5.92. The van der Waals surface area contributed by atoms with E-state index in [0.29, 0.717) is 5.56 Å². The zero-order valence-electron chi connectivity index (χ0n) is 17.1. The lowest BCUT2D eigenvalue weighted by molar-refractivity contribution is 0.0694. The van der Waals surface area contributed by atoms with Crippen LogP contribution in [-0.4, -0.2) is 11.1 Å². The van der Waals surface area contributed by atoms with Gasteiger partial charge in [-0.15, -0.1) is 0 Å². The third-order valence-corrected chi connectivity index (χ3v) is 5.28. The molecular formula is C23H38O2. The van der Waals surface area contributed by atoms with Crippen molar-refractivity contribution >= 4 is 5.97 Å². The van der Waals surface area contributed by atoms with Gasteiger partial charge in [-0.05, 0) is 79.7 Å². The summed E-state index contributed by atoms with van der Waals surface area (Å²) >= 11 is 0. The highest BCUT2D eigenvalue weighted by atomic mass is 16.4. The molecule has 0 unspecified atom stereocenters. The lowest BCUT2D eigenvalue weighted by Crippen LogP contribution is -2.16. The van der Waals surface area contributed by atoms with Crippen LogP contribution in [0, 0.1) is 6.92 Å². The van der Waals surface area contributed by atoms with Crippen molar-refractivity contribution in [1.29, 1.82) is 0 Å². The van der Waals surface area contributed by atoms with Gasteiger partial charge in [-0.1, -0.05) is 53.4 Å². The van der Waals surface area contributed by atoms with E-state index in [1.165, 1.54) is 16.7 Å². The van der Waals surface area contributed by atoms with Gasteiger partial charge in [0, 0.05) is 0 Å². The summed E-state index contributed by atoms with van der Waals surface area (Å²) in [6, 6.07) is 0. The Morgan fingerprint density at radius 3 is 1.56 bits per heavy atom. The van der Waals surface area contributed by atoms with Gasteiger partial charge in [-0.2, -0.15) is 0 Å². The Hall–Kier alpha value is -1.31. The number of carboxylic acids is 1. The topological polar surface area (TPSA) is 37.3 Å². The van der Waals surface area contributed by atoms with Crippen molar-refractivity contribution in [3.63, 3.8) is 0 Å². The van der Waals surface area contributed by atoms with Crippen LogP contribution in [0.4, 0.5) is 0 Å². The number of aromatic carboxylic acids is 1. The highest BCUT2D eigenvalue weighted by Gasteiger charge is 2.23.